The lowest BCUT2D eigenvalue weighted by molar-refractivity contribution is 0.0860. The van der Waals surface area contributed by atoms with Crippen molar-refractivity contribution in [2.75, 3.05) is 25.6 Å². The van der Waals surface area contributed by atoms with Gasteiger partial charge in [-0.1, -0.05) is 0 Å². The normalized spacial score (nSPS) is 19.1. The molecule has 0 aromatic carbocycles. The van der Waals surface area contributed by atoms with E-state index in [-0.39, 0.29) is 18.2 Å². The maximum atomic E-state index is 11.9. The first-order valence-electron chi connectivity index (χ1n) is 7.34. The second-order valence-corrected chi connectivity index (χ2v) is 5.58. The average molecular weight is 292 g/mol. The number of nitrogens with one attached hydrogen (secondary N) is 2. The van der Waals surface area contributed by atoms with E-state index >= 15 is 0 Å². The lowest BCUT2D eigenvalue weighted by Gasteiger charge is -2.20. The number of urea groups is 1. The van der Waals surface area contributed by atoms with Gasteiger partial charge in [-0.25, -0.2) is 9.78 Å². The van der Waals surface area contributed by atoms with Crippen LogP contribution in [0.15, 0.2) is 18.3 Å². The number of amides is 2. The van der Waals surface area contributed by atoms with E-state index in [9.17, 15) is 4.79 Å². The third-order valence-electron chi connectivity index (χ3n) is 3.60. The van der Waals surface area contributed by atoms with Gasteiger partial charge in [-0.15, -0.1) is 0 Å². The summed E-state index contributed by atoms with van der Waals surface area (Å²) < 4.78 is 5.56. The number of nitrogens with zero attached hydrogens (tertiary/aromatic N) is 2. The summed E-state index contributed by atoms with van der Waals surface area (Å²) in [5.41, 5.74) is 1.02. The highest BCUT2D eigenvalue weighted by Gasteiger charge is 2.23. The molecule has 0 saturated carbocycles. The van der Waals surface area contributed by atoms with Gasteiger partial charge in [0.15, 0.2) is 0 Å². The Kier molecular flexibility index (Phi) is 5.38. The molecule has 1 aromatic rings. The maximum Gasteiger partial charge on any atom is 0.315 e. The van der Waals surface area contributed by atoms with Crippen LogP contribution >= 0.6 is 0 Å². The zero-order valence-electron chi connectivity index (χ0n) is 12.9. The molecule has 1 aliphatic rings. The van der Waals surface area contributed by atoms with Crippen LogP contribution in [0.2, 0.25) is 0 Å². The molecule has 2 unspecified atom stereocenters. The number of anilines is 1. The van der Waals surface area contributed by atoms with Crippen LogP contribution in [0.5, 0.6) is 0 Å². The molecule has 1 saturated heterocycles. The van der Waals surface area contributed by atoms with Crippen LogP contribution in [0.25, 0.3) is 0 Å². The third kappa shape index (κ3) is 4.60. The van der Waals surface area contributed by atoms with E-state index in [1.54, 1.807) is 6.20 Å². The fourth-order valence-corrected chi connectivity index (χ4v) is 2.35. The van der Waals surface area contributed by atoms with Crippen LogP contribution in [0.1, 0.15) is 25.3 Å². The van der Waals surface area contributed by atoms with Gasteiger partial charge in [0, 0.05) is 33.4 Å². The molecule has 116 valence electrons. The van der Waals surface area contributed by atoms with Crippen LogP contribution in [0.3, 0.4) is 0 Å². The molecule has 2 heterocycles. The number of carbonyl (C=O) groups is 1. The second-order valence-electron chi connectivity index (χ2n) is 5.58. The fraction of sp³-hybridized carbons (Fsp3) is 0.600. The Labute approximate surface area is 125 Å². The van der Waals surface area contributed by atoms with E-state index in [2.05, 4.69) is 15.6 Å². The van der Waals surface area contributed by atoms with Crippen molar-refractivity contribution in [3.63, 3.8) is 0 Å². The molecule has 0 aliphatic carbocycles. The zero-order valence-corrected chi connectivity index (χ0v) is 12.9. The average Bonchev–Trinajstić information content (AvgIpc) is 2.99. The number of aromatic nitrogens is 1. The van der Waals surface area contributed by atoms with Gasteiger partial charge in [-0.2, -0.15) is 0 Å². The lowest BCUT2D eigenvalue weighted by atomic mass is 10.1. The molecule has 2 N–H and O–H groups in total. The van der Waals surface area contributed by atoms with Gasteiger partial charge in [0.2, 0.25) is 0 Å². The molecule has 2 amide bonds. The van der Waals surface area contributed by atoms with E-state index in [1.807, 2.05) is 38.1 Å². The van der Waals surface area contributed by atoms with Crippen molar-refractivity contribution < 1.29 is 9.53 Å². The summed E-state index contributed by atoms with van der Waals surface area (Å²) in [6.45, 7) is 3.25. The minimum absolute atomic E-state index is 0.0299. The zero-order chi connectivity index (χ0) is 15.2. The fourth-order valence-electron chi connectivity index (χ4n) is 2.35. The Morgan fingerprint density at radius 2 is 2.38 bits per heavy atom. The van der Waals surface area contributed by atoms with Gasteiger partial charge < -0.3 is 20.3 Å². The highest BCUT2D eigenvalue weighted by atomic mass is 16.5. The molecule has 2 rings (SSSR count). The van der Waals surface area contributed by atoms with Crippen LogP contribution in [0, 0.1) is 0 Å². The summed E-state index contributed by atoms with van der Waals surface area (Å²) in [5.74, 6) is 0.877. The number of hydrogen-bond acceptors (Lipinski definition) is 4. The molecule has 1 aliphatic heterocycles. The first-order valence-corrected chi connectivity index (χ1v) is 7.34. The summed E-state index contributed by atoms with van der Waals surface area (Å²) in [7, 11) is 3.88. The summed E-state index contributed by atoms with van der Waals surface area (Å²) in [6, 6.07) is 3.73. The summed E-state index contributed by atoms with van der Waals surface area (Å²) in [4.78, 5) is 18.1. The van der Waals surface area contributed by atoms with Crippen LogP contribution < -0.4 is 15.5 Å². The van der Waals surface area contributed by atoms with Gasteiger partial charge in [0.05, 0.1) is 12.1 Å². The molecule has 2 atom stereocenters. The molecule has 21 heavy (non-hydrogen) atoms. The summed E-state index contributed by atoms with van der Waals surface area (Å²) in [5, 5.41) is 5.80. The lowest BCUT2D eigenvalue weighted by Crippen LogP contribution is -2.45. The predicted octanol–water partition coefficient (Wildman–Crippen LogP) is 1.51. The van der Waals surface area contributed by atoms with Crippen LogP contribution in [-0.4, -0.2) is 43.9 Å². The Hall–Kier alpha value is -1.82. The van der Waals surface area contributed by atoms with Gasteiger partial charge in [-0.3, -0.25) is 0 Å². The van der Waals surface area contributed by atoms with Gasteiger partial charge in [0.1, 0.15) is 5.82 Å². The number of rotatable bonds is 5. The van der Waals surface area contributed by atoms with Crippen molar-refractivity contribution in [2.24, 2.45) is 0 Å². The van der Waals surface area contributed by atoms with Crippen molar-refractivity contribution in [1.82, 2.24) is 15.6 Å². The Morgan fingerprint density at radius 1 is 1.57 bits per heavy atom. The number of ether oxygens (including phenoxy) is 1. The predicted molar refractivity (Wildman–Crippen MR) is 82.4 cm³/mol. The number of hydrogen-bond donors (Lipinski definition) is 2. The maximum absolute atomic E-state index is 11.9. The largest absolute Gasteiger partial charge is 0.376 e. The van der Waals surface area contributed by atoms with Crippen LogP contribution in [0.4, 0.5) is 10.6 Å². The monoisotopic (exact) mass is 292 g/mol. The molecule has 0 bridgehead atoms. The van der Waals surface area contributed by atoms with Gasteiger partial charge in [-0.05, 0) is 37.5 Å². The van der Waals surface area contributed by atoms with E-state index in [4.69, 9.17) is 4.74 Å². The van der Waals surface area contributed by atoms with E-state index in [0.717, 1.165) is 30.8 Å². The Balaban J connectivity index is 1.79. The molecular formula is C15H24N4O2. The van der Waals surface area contributed by atoms with Gasteiger partial charge in [0.25, 0.3) is 0 Å². The Bertz CT molecular complexity index is 472. The van der Waals surface area contributed by atoms with Gasteiger partial charge >= 0.3 is 6.03 Å². The minimum Gasteiger partial charge on any atom is -0.376 e. The molecule has 0 radical (unpaired) electrons. The molecule has 1 fully saturated rings. The van der Waals surface area contributed by atoms with Crippen molar-refractivity contribution in [2.45, 2.75) is 38.5 Å². The highest BCUT2D eigenvalue weighted by molar-refractivity contribution is 5.74. The molecule has 6 nitrogen and oxygen atoms in total. The topological polar surface area (TPSA) is 66.5 Å². The SMILES string of the molecule is CC(NC(=O)NCc1ccnc(N(C)C)c1)C1CCCO1. The smallest absolute Gasteiger partial charge is 0.315 e. The van der Waals surface area contributed by atoms with E-state index in [1.165, 1.54) is 0 Å². The Morgan fingerprint density at radius 3 is 3.05 bits per heavy atom. The van der Waals surface area contributed by atoms with Crippen molar-refractivity contribution >= 4 is 11.8 Å². The third-order valence-corrected chi connectivity index (χ3v) is 3.60. The van der Waals surface area contributed by atoms with Crippen molar-refractivity contribution in [1.29, 1.82) is 0 Å². The van der Waals surface area contributed by atoms with Crippen LogP contribution in [-0.2, 0) is 11.3 Å². The minimum atomic E-state index is -0.166. The molecule has 1 aromatic heterocycles. The first kappa shape index (κ1) is 15.6. The van der Waals surface area contributed by atoms with Crippen molar-refractivity contribution in [3.8, 4) is 0 Å². The molecule has 6 heteroatoms. The summed E-state index contributed by atoms with van der Waals surface area (Å²) in [6.07, 6.45) is 3.97. The van der Waals surface area contributed by atoms with E-state index < -0.39 is 0 Å². The summed E-state index contributed by atoms with van der Waals surface area (Å²) >= 11 is 0. The van der Waals surface area contributed by atoms with Crippen molar-refractivity contribution in [3.05, 3.63) is 23.9 Å². The quantitative estimate of drug-likeness (QED) is 0.863. The number of pyridine rings is 1. The number of carbonyl (C=O) groups excluding carboxylic acids is 1. The highest BCUT2D eigenvalue weighted by Crippen LogP contribution is 2.15. The first-order chi connectivity index (χ1) is 10.1. The second kappa shape index (κ2) is 7.26. The van der Waals surface area contributed by atoms with E-state index in [0.29, 0.717) is 6.54 Å². The molecular weight excluding hydrogens is 268 g/mol. The standard InChI is InChI=1S/C15H24N4O2/c1-11(13-5-4-8-21-13)18-15(20)17-10-12-6-7-16-14(9-12)19(2)3/h6-7,9,11,13H,4-5,8,10H2,1-3H3,(H2,17,18,20). The molecule has 0 spiro atoms.